The van der Waals surface area contributed by atoms with E-state index < -0.39 is 14.5 Å². The summed E-state index contributed by atoms with van der Waals surface area (Å²) in [5.74, 6) is 0. The van der Waals surface area contributed by atoms with Crippen molar-refractivity contribution in [3.63, 3.8) is 0 Å². The second-order valence-electron chi connectivity index (χ2n) is 4.60. The normalized spacial score (nSPS) is 18.7. The topological polar surface area (TPSA) is 15.8 Å². The standard InChI is InChI=1S/C6H8N.C5H9.2ClH.Ti/c1-5-3-4-6(2)7-5;1-2-4-5-3-1;;;/h3,7H,1-2H3;1H,2-5H2;2*1H;/q;;;;+2/p-2. The third-order valence-corrected chi connectivity index (χ3v) is 12.0. The van der Waals surface area contributed by atoms with E-state index in [1.807, 2.05) is 0 Å². The zero-order chi connectivity index (χ0) is 11.1. The van der Waals surface area contributed by atoms with E-state index in [9.17, 15) is 0 Å². The molecule has 84 valence electrons. The Labute approximate surface area is 103 Å². The first kappa shape index (κ1) is 12.0. The van der Waals surface area contributed by atoms with Gasteiger partial charge in [0.25, 0.3) is 0 Å². The van der Waals surface area contributed by atoms with Gasteiger partial charge in [-0.3, -0.25) is 0 Å². The van der Waals surface area contributed by atoms with E-state index in [2.05, 4.69) is 24.9 Å². The molecule has 1 aromatic heterocycles. The van der Waals surface area contributed by atoms with Crippen LogP contribution in [0.3, 0.4) is 0 Å². The van der Waals surface area contributed by atoms with Gasteiger partial charge in [-0.25, -0.2) is 0 Å². The minimum absolute atomic E-state index is 0.599. The van der Waals surface area contributed by atoms with Crippen molar-refractivity contribution in [2.75, 3.05) is 0 Å². The van der Waals surface area contributed by atoms with Crippen molar-refractivity contribution in [1.29, 1.82) is 0 Å². The zero-order valence-electron chi connectivity index (χ0n) is 9.24. The Balaban J connectivity index is 2.31. The maximum absolute atomic E-state index is 6.72. The van der Waals surface area contributed by atoms with Crippen LogP contribution < -0.4 is 3.87 Å². The fraction of sp³-hybridized carbons (Fsp3) is 0.636. The van der Waals surface area contributed by atoms with Crippen molar-refractivity contribution in [3.05, 3.63) is 17.5 Å². The van der Waals surface area contributed by atoms with Crippen LogP contribution in [0.4, 0.5) is 0 Å². The van der Waals surface area contributed by atoms with E-state index in [0.29, 0.717) is 4.22 Å². The van der Waals surface area contributed by atoms with Crippen molar-refractivity contribution in [2.24, 2.45) is 0 Å². The number of aryl methyl sites for hydroxylation is 2. The molecule has 0 aromatic carbocycles. The molecular weight excluding hydrogens is 265 g/mol. The molecule has 0 bridgehead atoms. The summed E-state index contributed by atoms with van der Waals surface area (Å²) in [7, 11) is 13.4. The number of H-pyrrole nitrogens is 1. The molecule has 0 aliphatic heterocycles. The third kappa shape index (κ3) is 2.31. The van der Waals surface area contributed by atoms with E-state index >= 15 is 0 Å². The second-order valence-corrected chi connectivity index (χ2v) is 14.4. The Morgan fingerprint density at radius 2 is 1.87 bits per heavy atom. The zero-order valence-corrected chi connectivity index (χ0v) is 12.3. The number of nitrogens with one attached hydrogen (secondary N) is 1. The van der Waals surface area contributed by atoms with Gasteiger partial charge in [0.15, 0.2) is 0 Å². The minimum atomic E-state index is -2.80. The summed E-state index contributed by atoms with van der Waals surface area (Å²) in [6, 6.07) is 2.16. The van der Waals surface area contributed by atoms with Crippen LogP contribution in [0, 0.1) is 13.8 Å². The molecule has 1 heterocycles. The number of rotatable bonds is 2. The van der Waals surface area contributed by atoms with Gasteiger partial charge in [-0.1, -0.05) is 0 Å². The first-order valence-electron chi connectivity index (χ1n) is 5.56. The summed E-state index contributed by atoms with van der Waals surface area (Å²) in [5, 5.41) is 0. The van der Waals surface area contributed by atoms with Gasteiger partial charge in [-0.15, -0.1) is 0 Å². The summed E-state index contributed by atoms with van der Waals surface area (Å²) in [6.07, 6.45) is 5.08. The molecule has 1 aliphatic carbocycles. The molecule has 1 N–H and O–H groups in total. The number of halogens is 2. The van der Waals surface area contributed by atoms with Gasteiger partial charge in [-0.05, 0) is 0 Å². The average molecular weight is 282 g/mol. The molecule has 15 heavy (non-hydrogen) atoms. The van der Waals surface area contributed by atoms with Gasteiger partial charge in [0, 0.05) is 0 Å². The summed E-state index contributed by atoms with van der Waals surface area (Å²) < 4.78 is 1.85. The number of hydrogen-bond acceptors (Lipinski definition) is 0. The van der Waals surface area contributed by atoms with Crippen molar-refractivity contribution in [1.82, 2.24) is 4.98 Å². The van der Waals surface area contributed by atoms with Crippen LogP contribution in [0.25, 0.3) is 0 Å². The summed E-state index contributed by atoms with van der Waals surface area (Å²) >= 11 is -2.80. The van der Waals surface area contributed by atoms with Gasteiger partial charge in [-0.2, -0.15) is 0 Å². The Kier molecular flexibility index (Phi) is 3.57. The fourth-order valence-corrected chi connectivity index (χ4v) is 9.97. The van der Waals surface area contributed by atoms with Crippen LogP contribution in [0.1, 0.15) is 37.1 Å². The summed E-state index contributed by atoms with van der Waals surface area (Å²) in [6.45, 7) is 4.15. The van der Waals surface area contributed by atoms with Crippen LogP contribution in [0.5, 0.6) is 0 Å². The van der Waals surface area contributed by atoms with Crippen LogP contribution in [-0.4, -0.2) is 4.98 Å². The van der Waals surface area contributed by atoms with Crippen molar-refractivity contribution in [3.8, 4) is 0 Å². The molecule has 1 nitrogen and oxygen atoms in total. The Morgan fingerprint density at radius 3 is 2.33 bits per heavy atom. The van der Waals surface area contributed by atoms with Crippen LogP contribution in [-0.2, 0) is 14.5 Å². The molecule has 0 amide bonds. The van der Waals surface area contributed by atoms with Crippen molar-refractivity contribution in [2.45, 2.75) is 43.8 Å². The third-order valence-electron chi connectivity index (χ3n) is 3.38. The fourth-order valence-electron chi connectivity index (χ4n) is 2.58. The number of aromatic amines is 1. The monoisotopic (exact) mass is 281 g/mol. The number of aromatic nitrogens is 1. The SMILES string of the molecule is Cc1c[c]([Ti]([Cl])([Cl])[CH]2CCCC2)c(C)[nH]1. The molecule has 1 fully saturated rings. The van der Waals surface area contributed by atoms with Crippen molar-refractivity contribution >= 4 is 22.5 Å². The van der Waals surface area contributed by atoms with E-state index in [1.54, 1.807) is 0 Å². The molecule has 1 aromatic rings. The predicted molar refractivity (Wildman–Crippen MR) is 63.8 cm³/mol. The van der Waals surface area contributed by atoms with E-state index in [1.165, 1.54) is 40.9 Å². The predicted octanol–water partition coefficient (Wildman–Crippen LogP) is 4.08. The molecule has 0 atom stereocenters. The van der Waals surface area contributed by atoms with Gasteiger partial charge < -0.3 is 0 Å². The average Bonchev–Trinajstić information content (AvgIpc) is 2.74. The molecule has 0 spiro atoms. The summed E-state index contributed by atoms with van der Waals surface area (Å²) in [4.78, 5) is 3.32. The van der Waals surface area contributed by atoms with E-state index in [4.69, 9.17) is 18.6 Å². The maximum atomic E-state index is 6.72. The van der Waals surface area contributed by atoms with E-state index in [0.717, 1.165) is 0 Å². The first-order chi connectivity index (χ1) is 7.01. The molecule has 2 rings (SSSR count). The quantitative estimate of drug-likeness (QED) is 0.787. The van der Waals surface area contributed by atoms with Crippen LogP contribution in [0.2, 0.25) is 4.22 Å². The molecule has 0 radical (unpaired) electrons. The Morgan fingerprint density at radius 1 is 1.27 bits per heavy atom. The van der Waals surface area contributed by atoms with Gasteiger partial charge in [0.2, 0.25) is 0 Å². The number of hydrogen-bond donors (Lipinski definition) is 1. The van der Waals surface area contributed by atoms with Gasteiger partial charge >= 0.3 is 103 Å². The summed E-state index contributed by atoms with van der Waals surface area (Å²) in [5.41, 5.74) is 2.36. The first-order valence-corrected chi connectivity index (χ1v) is 11.5. The van der Waals surface area contributed by atoms with Crippen LogP contribution in [0.15, 0.2) is 6.07 Å². The molecular formula is C11H17Cl2NTi. The van der Waals surface area contributed by atoms with Gasteiger partial charge in [0.1, 0.15) is 0 Å². The molecule has 1 saturated carbocycles. The molecule has 1 aliphatic rings. The van der Waals surface area contributed by atoms with Crippen molar-refractivity contribution < 1.29 is 14.5 Å². The van der Waals surface area contributed by atoms with Gasteiger partial charge in [0.05, 0.1) is 0 Å². The van der Waals surface area contributed by atoms with E-state index in [-0.39, 0.29) is 0 Å². The Bertz CT molecular complexity index is 353. The molecule has 0 saturated heterocycles. The van der Waals surface area contributed by atoms with Crippen LogP contribution >= 0.6 is 18.6 Å². The molecule has 0 unspecified atom stereocenters. The molecule has 4 heteroatoms. The second kappa shape index (κ2) is 4.45. The Hall–Kier alpha value is 0.574.